The number of carboxylic acid groups (broad SMARTS) is 1. The van der Waals surface area contributed by atoms with Gasteiger partial charge in [-0.25, -0.2) is 9.59 Å². The van der Waals surface area contributed by atoms with Crippen LogP contribution in [0.15, 0.2) is 60.2 Å². The molecule has 0 fully saturated rings. The van der Waals surface area contributed by atoms with Crippen molar-refractivity contribution < 1.29 is 24.2 Å². The first kappa shape index (κ1) is 25.5. The van der Waals surface area contributed by atoms with E-state index in [1.54, 1.807) is 0 Å². The molecule has 0 bridgehead atoms. The summed E-state index contributed by atoms with van der Waals surface area (Å²) in [6.07, 6.45) is 2.55. The second kappa shape index (κ2) is 12.4. The Bertz CT molecular complexity index is 1110. The molecule has 8 nitrogen and oxygen atoms in total. The summed E-state index contributed by atoms with van der Waals surface area (Å²) in [6, 6.07) is 17.2. The van der Waals surface area contributed by atoms with Crippen LogP contribution in [0.5, 0.6) is 0 Å². The molecule has 182 valence electrons. The maximum atomic E-state index is 12.7. The molecule has 2 aromatic rings. The number of benzene rings is 2. The number of hydrogen-bond donors (Lipinski definition) is 3. The second-order valence-corrected chi connectivity index (χ2v) is 8.36. The monoisotopic (exact) mass is 475 g/mol. The number of hydrogen-bond acceptors (Lipinski definition) is 5. The molecule has 8 heteroatoms. The van der Waals surface area contributed by atoms with Gasteiger partial charge in [0.2, 0.25) is 5.91 Å². The number of fused-ring (bicyclic) bond motifs is 3. The van der Waals surface area contributed by atoms with Crippen LogP contribution in [-0.4, -0.2) is 42.3 Å². The van der Waals surface area contributed by atoms with Crippen molar-refractivity contribution in [1.29, 1.82) is 5.26 Å². The highest BCUT2D eigenvalue weighted by Gasteiger charge is 2.29. The summed E-state index contributed by atoms with van der Waals surface area (Å²) >= 11 is 0. The van der Waals surface area contributed by atoms with E-state index in [9.17, 15) is 14.4 Å². The predicted octanol–water partition coefficient (Wildman–Crippen LogP) is 4.12. The summed E-state index contributed by atoms with van der Waals surface area (Å²) in [5, 5.41) is 22.9. The normalized spacial score (nSPS) is 13.2. The predicted molar refractivity (Wildman–Crippen MR) is 130 cm³/mol. The molecule has 2 aromatic carbocycles. The van der Waals surface area contributed by atoms with Crippen molar-refractivity contribution >= 4 is 18.0 Å². The van der Waals surface area contributed by atoms with E-state index in [1.165, 1.54) is 13.0 Å². The molecule has 2 amide bonds. The summed E-state index contributed by atoms with van der Waals surface area (Å²) in [5.41, 5.74) is 4.54. The first-order chi connectivity index (χ1) is 16.9. The van der Waals surface area contributed by atoms with Crippen LogP contribution in [-0.2, 0) is 14.3 Å². The number of alkyl carbamates (subject to hydrolysis) is 1. The third-order valence-corrected chi connectivity index (χ3v) is 6.01. The molecule has 1 aliphatic carbocycles. The van der Waals surface area contributed by atoms with Gasteiger partial charge < -0.3 is 20.5 Å². The highest BCUT2D eigenvalue weighted by Crippen LogP contribution is 2.44. The lowest BCUT2D eigenvalue weighted by atomic mass is 9.98. The average Bonchev–Trinajstić information content (AvgIpc) is 3.18. The number of aliphatic carboxylic acids is 1. The van der Waals surface area contributed by atoms with E-state index in [2.05, 4.69) is 28.8 Å². The summed E-state index contributed by atoms with van der Waals surface area (Å²) in [5.74, 6) is -1.60. The maximum absolute atomic E-state index is 12.7. The summed E-state index contributed by atoms with van der Waals surface area (Å²) in [4.78, 5) is 36.2. The van der Waals surface area contributed by atoms with E-state index < -0.39 is 24.0 Å². The van der Waals surface area contributed by atoms with Gasteiger partial charge in [0, 0.05) is 24.5 Å². The number of nitrogens with one attached hydrogen (secondary N) is 2. The molecule has 0 aromatic heterocycles. The van der Waals surface area contributed by atoms with Gasteiger partial charge in [-0.3, -0.25) is 4.79 Å². The molecule has 1 atom stereocenters. The van der Waals surface area contributed by atoms with Crippen LogP contribution in [0.3, 0.4) is 0 Å². The van der Waals surface area contributed by atoms with Crippen molar-refractivity contribution in [3.8, 4) is 17.2 Å². The van der Waals surface area contributed by atoms with Crippen LogP contribution in [0.25, 0.3) is 11.1 Å². The number of carbonyl (C=O) groups is 3. The number of amides is 2. The fourth-order valence-corrected chi connectivity index (χ4v) is 4.12. The molecule has 3 N–H and O–H groups in total. The van der Waals surface area contributed by atoms with E-state index in [1.807, 2.05) is 36.4 Å². The van der Waals surface area contributed by atoms with Gasteiger partial charge in [0.15, 0.2) is 0 Å². The number of nitriles is 1. The van der Waals surface area contributed by atoms with Gasteiger partial charge in [0.25, 0.3) is 0 Å². The molecular formula is C27H29N3O5. The van der Waals surface area contributed by atoms with Crippen LogP contribution in [0, 0.1) is 11.3 Å². The number of ether oxygens (including phenoxy) is 1. The Balaban J connectivity index is 1.62. The van der Waals surface area contributed by atoms with Crippen molar-refractivity contribution in [2.75, 3.05) is 13.2 Å². The minimum Gasteiger partial charge on any atom is -0.478 e. The lowest BCUT2D eigenvalue weighted by Gasteiger charge is -2.19. The fraction of sp³-hybridized carbons (Fsp3) is 0.333. The molecule has 1 unspecified atom stereocenters. The molecule has 3 rings (SSSR count). The molecule has 0 heterocycles. The van der Waals surface area contributed by atoms with Crippen LogP contribution in [0.4, 0.5) is 4.79 Å². The Kier molecular flexibility index (Phi) is 9.02. The summed E-state index contributed by atoms with van der Waals surface area (Å²) in [6.45, 7) is 1.59. The molecular weight excluding hydrogens is 446 g/mol. The number of unbranched alkanes of at least 4 members (excludes halogenated alkanes) is 2. The number of rotatable bonds is 11. The van der Waals surface area contributed by atoms with Gasteiger partial charge in [-0.2, -0.15) is 5.26 Å². The molecule has 0 spiro atoms. The second-order valence-electron chi connectivity index (χ2n) is 8.36. The quantitative estimate of drug-likeness (QED) is 0.331. The van der Waals surface area contributed by atoms with E-state index in [-0.39, 0.29) is 24.6 Å². The summed E-state index contributed by atoms with van der Waals surface area (Å²) < 4.78 is 5.55. The third kappa shape index (κ3) is 6.70. The molecule has 0 aliphatic heterocycles. The minimum atomic E-state index is -1.07. The third-order valence-electron chi connectivity index (χ3n) is 6.01. The fourth-order valence-electron chi connectivity index (χ4n) is 4.12. The summed E-state index contributed by atoms with van der Waals surface area (Å²) in [7, 11) is 0. The van der Waals surface area contributed by atoms with Crippen molar-refractivity contribution in [2.45, 2.75) is 44.6 Å². The zero-order valence-electron chi connectivity index (χ0n) is 19.6. The minimum absolute atomic E-state index is 0.0258. The van der Waals surface area contributed by atoms with Gasteiger partial charge in [0.1, 0.15) is 12.6 Å². The van der Waals surface area contributed by atoms with Gasteiger partial charge in [-0.05, 0) is 48.4 Å². The SMILES string of the molecule is C/C(=C\CNC(=O)C(CCCCC#N)NC(=O)OCC1c2ccccc2-c2ccccc21)C(=O)O. The molecule has 0 saturated carbocycles. The Hall–Kier alpha value is -4.12. The zero-order chi connectivity index (χ0) is 25.2. The molecule has 1 aliphatic rings. The van der Waals surface area contributed by atoms with Gasteiger partial charge in [-0.1, -0.05) is 54.6 Å². The van der Waals surface area contributed by atoms with Crippen molar-refractivity contribution in [1.82, 2.24) is 10.6 Å². The largest absolute Gasteiger partial charge is 0.478 e. The molecule has 0 saturated heterocycles. The van der Waals surface area contributed by atoms with E-state index in [0.29, 0.717) is 25.7 Å². The maximum Gasteiger partial charge on any atom is 0.407 e. The van der Waals surface area contributed by atoms with Crippen molar-refractivity contribution in [3.05, 3.63) is 71.3 Å². The van der Waals surface area contributed by atoms with Crippen LogP contribution < -0.4 is 10.6 Å². The average molecular weight is 476 g/mol. The van der Waals surface area contributed by atoms with E-state index in [4.69, 9.17) is 15.1 Å². The Morgan fingerprint density at radius 3 is 2.31 bits per heavy atom. The van der Waals surface area contributed by atoms with Crippen molar-refractivity contribution in [3.63, 3.8) is 0 Å². The number of nitrogens with zero attached hydrogens (tertiary/aromatic N) is 1. The first-order valence-electron chi connectivity index (χ1n) is 11.6. The lowest BCUT2D eigenvalue weighted by molar-refractivity contribution is -0.132. The van der Waals surface area contributed by atoms with Crippen LogP contribution >= 0.6 is 0 Å². The topological polar surface area (TPSA) is 129 Å². The highest BCUT2D eigenvalue weighted by molar-refractivity contribution is 5.87. The smallest absolute Gasteiger partial charge is 0.407 e. The van der Waals surface area contributed by atoms with Crippen LogP contribution in [0.2, 0.25) is 0 Å². The number of carboxylic acids is 1. The molecule has 0 radical (unpaired) electrons. The Morgan fingerprint density at radius 1 is 1.09 bits per heavy atom. The first-order valence-corrected chi connectivity index (χ1v) is 11.6. The highest BCUT2D eigenvalue weighted by atomic mass is 16.5. The van der Waals surface area contributed by atoms with Gasteiger partial charge >= 0.3 is 12.1 Å². The Morgan fingerprint density at radius 2 is 1.71 bits per heavy atom. The van der Waals surface area contributed by atoms with Gasteiger partial charge in [0.05, 0.1) is 6.07 Å². The standard InChI is InChI=1S/C27H29N3O5/c1-18(26(32)33)14-16-29-25(31)24(13-3-2-8-15-28)30-27(34)35-17-23-21-11-6-4-9-19(21)20-10-5-7-12-22(20)23/h4-7,9-12,14,23-24H,2-3,8,13,16-17H2,1H3,(H,29,31)(H,30,34)(H,32,33)/b18-14+. The molecule has 35 heavy (non-hydrogen) atoms. The lowest BCUT2D eigenvalue weighted by Crippen LogP contribution is -2.47. The van der Waals surface area contributed by atoms with Crippen LogP contribution in [0.1, 0.15) is 49.7 Å². The van der Waals surface area contributed by atoms with E-state index >= 15 is 0 Å². The van der Waals surface area contributed by atoms with E-state index in [0.717, 1.165) is 22.3 Å². The van der Waals surface area contributed by atoms with Crippen molar-refractivity contribution in [2.24, 2.45) is 0 Å². The Labute approximate surface area is 204 Å². The zero-order valence-corrected chi connectivity index (χ0v) is 19.6. The number of carbonyl (C=O) groups excluding carboxylic acids is 2. The van der Waals surface area contributed by atoms with Gasteiger partial charge in [-0.15, -0.1) is 0 Å².